The predicted octanol–water partition coefficient (Wildman–Crippen LogP) is 3.42. The van der Waals surface area contributed by atoms with Crippen molar-refractivity contribution in [2.24, 2.45) is 0 Å². The van der Waals surface area contributed by atoms with Gasteiger partial charge in [0.25, 0.3) is 0 Å². The topological polar surface area (TPSA) is 20.2 Å². The molecule has 0 aliphatic heterocycles. The maximum atomic E-state index is 9.65. The van der Waals surface area contributed by atoms with Crippen LogP contribution in [0.15, 0.2) is 47.3 Å². The second-order valence-corrected chi connectivity index (χ2v) is 3.46. The first-order valence-corrected chi connectivity index (χ1v) is 4.82. The summed E-state index contributed by atoms with van der Waals surface area (Å²) in [5.74, 6) is 0.466. The molecule has 2 aliphatic carbocycles. The Labute approximate surface area is 78.8 Å². The number of hydrogen-bond acceptors (Lipinski definition) is 1. The summed E-state index contributed by atoms with van der Waals surface area (Å²) in [6.45, 7) is 0. The van der Waals surface area contributed by atoms with E-state index in [2.05, 4.69) is 18.2 Å². The fraction of sp³-hybridized carbons (Fsp3) is 0.333. The van der Waals surface area contributed by atoms with Crippen LogP contribution in [-0.4, -0.2) is 5.11 Å². The van der Waals surface area contributed by atoms with Crippen molar-refractivity contribution in [3.8, 4) is 0 Å². The molecule has 0 spiro atoms. The van der Waals surface area contributed by atoms with Crippen molar-refractivity contribution in [2.75, 3.05) is 0 Å². The van der Waals surface area contributed by atoms with Crippen LogP contribution in [0.1, 0.15) is 25.7 Å². The Morgan fingerprint density at radius 2 is 1.92 bits per heavy atom. The maximum absolute atomic E-state index is 9.65. The molecular formula is C12H14O. The van der Waals surface area contributed by atoms with Gasteiger partial charge in [-0.3, -0.25) is 0 Å². The Bertz CT molecular complexity index is 316. The number of hydrogen-bond donors (Lipinski definition) is 1. The largest absolute Gasteiger partial charge is 0.508 e. The molecule has 0 heterocycles. The van der Waals surface area contributed by atoms with Gasteiger partial charge in [-0.1, -0.05) is 24.3 Å². The molecule has 1 heteroatoms. The van der Waals surface area contributed by atoms with Gasteiger partial charge in [0, 0.05) is 0 Å². The summed E-state index contributed by atoms with van der Waals surface area (Å²) in [7, 11) is 0. The van der Waals surface area contributed by atoms with Crippen molar-refractivity contribution in [3.05, 3.63) is 47.3 Å². The van der Waals surface area contributed by atoms with Gasteiger partial charge in [0.1, 0.15) is 5.76 Å². The Morgan fingerprint density at radius 1 is 1.08 bits per heavy atom. The quantitative estimate of drug-likeness (QED) is 0.645. The van der Waals surface area contributed by atoms with Crippen molar-refractivity contribution < 1.29 is 5.11 Å². The lowest BCUT2D eigenvalue weighted by molar-refractivity contribution is 0.420. The van der Waals surface area contributed by atoms with Crippen molar-refractivity contribution in [1.29, 1.82) is 0 Å². The van der Waals surface area contributed by atoms with E-state index in [9.17, 15) is 5.11 Å². The summed E-state index contributed by atoms with van der Waals surface area (Å²) in [4.78, 5) is 0. The molecule has 0 bridgehead atoms. The van der Waals surface area contributed by atoms with Crippen LogP contribution in [0.4, 0.5) is 0 Å². The first-order valence-electron chi connectivity index (χ1n) is 4.82. The fourth-order valence-electron chi connectivity index (χ4n) is 1.83. The molecule has 0 aromatic heterocycles. The van der Waals surface area contributed by atoms with E-state index in [0.29, 0.717) is 5.76 Å². The highest BCUT2D eigenvalue weighted by Gasteiger charge is 2.12. The third-order valence-electron chi connectivity index (χ3n) is 2.55. The van der Waals surface area contributed by atoms with Crippen LogP contribution >= 0.6 is 0 Å². The van der Waals surface area contributed by atoms with Crippen LogP contribution in [0.2, 0.25) is 0 Å². The minimum Gasteiger partial charge on any atom is -0.508 e. The van der Waals surface area contributed by atoms with Crippen LogP contribution in [0.5, 0.6) is 0 Å². The van der Waals surface area contributed by atoms with E-state index in [1.165, 1.54) is 5.57 Å². The summed E-state index contributed by atoms with van der Waals surface area (Å²) >= 11 is 0. The Morgan fingerprint density at radius 3 is 2.62 bits per heavy atom. The lowest BCUT2D eigenvalue weighted by atomic mass is 9.91. The van der Waals surface area contributed by atoms with Gasteiger partial charge in [-0.15, -0.1) is 0 Å². The molecule has 0 fully saturated rings. The van der Waals surface area contributed by atoms with E-state index in [4.69, 9.17) is 0 Å². The fourth-order valence-corrected chi connectivity index (χ4v) is 1.83. The van der Waals surface area contributed by atoms with E-state index >= 15 is 0 Å². The minimum absolute atomic E-state index is 0.466. The van der Waals surface area contributed by atoms with Crippen molar-refractivity contribution in [3.63, 3.8) is 0 Å². The van der Waals surface area contributed by atoms with E-state index < -0.39 is 0 Å². The van der Waals surface area contributed by atoms with Gasteiger partial charge in [0.2, 0.25) is 0 Å². The number of aliphatic hydroxyl groups excluding tert-OH is 1. The van der Waals surface area contributed by atoms with Gasteiger partial charge in [-0.05, 0) is 42.9 Å². The van der Waals surface area contributed by atoms with Gasteiger partial charge < -0.3 is 5.11 Å². The Kier molecular flexibility index (Phi) is 2.35. The second-order valence-electron chi connectivity index (χ2n) is 3.46. The zero-order valence-electron chi connectivity index (χ0n) is 7.66. The normalized spacial score (nSPS) is 22.0. The average molecular weight is 174 g/mol. The number of aliphatic hydroxyl groups is 1. The molecule has 0 radical (unpaired) electrons. The molecule has 0 amide bonds. The van der Waals surface area contributed by atoms with Crippen LogP contribution < -0.4 is 0 Å². The van der Waals surface area contributed by atoms with E-state index in [1.54, 1.807) is 0 Å². The van der Waals surface area contributed by atoms with Crippen molar-refractivity contribution in [2.45, 2.75) is 25.7 Å². The third kappa shape index (κ3) is 1.74. The molecule has 0 saturated heterocycles. The molecule has 1 N–H and O–H groups in total. The molecule has 2 rings (SSSR count). The molecule has 0 unspecified atom stereocenters. The Hall–Kier alpha value is -1.24. The van der Waals surface area contributed by atoms with Crippen molar-refractivity contribution in [1.82, 2.24) is 0 Å². The van der Waals surface area contributed by atoms with Gasteiger partial charge in [0.05, 0.1) is 0 Å². The number of allylic oxidation sites excluding steroid dienone is 7. The zero-order chi connectivity index (χ0) is 9.10. The molecule has 68 valence electrons. The van der Waals surface area contributed by atoms with Crippen molar-refractivity contribution >= 4 is 0 Å². The average Bonchev–Trinajstić information content (AvgIpc) is 2.20. The molecule has 0 atom stereocenters. The van der Waals surface area contributed by atoms with Gasteiger partial charge >= 0.3 is 0 Å². The number of rotatable bonds is 1. The second kappa shape index (κ2) is 3.65. The molecular weight excluding hydrogens is 160 g/mol. The van der Waals surface area contributed by atoms with Crippen LogP contribution in [-0.2, 0) is 0 Å². The smallest absolute Gasteiger partial charge is 0.118 e. The molecule has 2 aliphatic rings. The molecule has 0 aromatic carbocycles. The SMILES string of the molecule is OC1=C(C2=CC=CCC2)CCC=C1. The van der Waals surface area contributed by atoms with Crippen LogP contribution in [0.25, 0.3) is 0 Å². The molecule has 0 saturated carbocycles. The first kappa shape index (κ1) is 8.36. The van der Waals surface area contributed by atoms with E-state index in [-0.39, 0.29) is 0 Å². The summed E-state index contributed by atoms with van der Waals surface area (Å²) in [6, 6.07) is 0. The summed E-state index contributed by atoms with van der Waals surface area (Å²) in [5.41, 5.74) is 2.45. The van der Waals surface area contributed by atoms with Gasteiger partial charge in [0.15, 0.2) is 0 Å². The molecule has 1 nitrogen and oxygen atoms in total. The van der Waals surface area contributed by atoms with Gasteiger partial charge in [-0.2, -0.15) is 0 Å². The van der Waals surface area contributed by atoms with E-state index in [0.717, 1.165) is 31.3 Å². The van der Waals surface area contributed by atoms with E-state index in [1.807, 2.05) is 12.2 Å². The lowest BCUT2D eigenvalue weighted by Crippen LogP contribution is -1.99. The monoisotopic (exact) mass is 174 g/mol. The Balaban J connectivity index is 2.28. The molecule has 0 aromatic rings. The maximum Gasteiger partial charge on any atom is 0.118 e. The standard InChI is InChI=1S/C12H14O/c13-12-9-5-4-8-11(12)10-6-2-1-3-7-10/h1-2,5-6,9,13H,3-4,7-8H2. The van der Waals surface area contributed by atoms with Crippen LogP contribution in [0, 0.1) is 0 Å². The minimum atomic E-state index is 0.466. The van der Waals surface area contributed by atoms with Gasteiger partial charge in [-0.25, -0.2) is 0 Å². The summed E-state index contributed by atoms with van der Waals surface area (Å²) < 4.78 is 0. The highest BCUT2D eigenvalue weighted by Crippen LogP contribution is 2.28. The summed E-state index contributed by atoms with van der Waals surface area (Å²) in [6.07, 6.45) is 14.4. The lowest BCUT2D eigenvalue weighted by Gasteiger charge is -2.16. The van der Waals surface area contributed by atoms with Crippen LogP contribution in [0.3, 0.4) is 0 Å². The summed E-state index contributed by atoms with van der Waals surface area (Å²) in [5, 5.41) is 9.65. The first-order chi connectivity index (χ1) is 6.38. The highest BCUT2D eigenvalue weighted by atomic mass is 16.3. The third-order valence-corrected chi connectivity index (χ3v) is 2.55. The predicted molar refractivity (Wildman–Crippen MR) is 54.5 cm³/mol. The molecule has 13 heavy (non-hydrogen) atoms. The zero-order valence-corrected chi connectivity index (χ0v) is 7.66. The highest BCUT2D eigenvalue weighted by molar-refractivity contribution is 5.42.